The van der Waals surface area contributed by atoms with Gasteiger partial charge < -0.3 is 0 Å². The first-order valence-corrected chi connectivity index (χ1v) is 5.87. The first kappa shape index (κ1) is 12.3. The van der Waals surface area contributed by atoms with E-state index in [-0.39, 0.29) is 11.3 Å². The van der Waals surface area contributed by atoms with Crippen LogP contribution in [0.3, 0.4) is 0 Å². The van der Waals surface area contributed by atoms with Gasteiger partial charge in [-0.3, -0.25) is 9.78 Å². The molecule has 98 valence electrons. The van der Waals surface area contributed by atoms with Gasteiger partial charge in [0.15, 0.2) is 0 Å². The number of nitrogens with zero attached hydrogens (tertiary/aromatic N) is 2. The summed E-state index contributed by atoms with van der Waals surface area (Å²) in [5.74, 6) is -2.27. The van der Waals surface area contributed by atoms with E-state index >= 15 is 0 Å². The van der Waals surface area contributed by atoms with Gasteiger partial charge in [-0.15, -0.1) is 0 Å². The minimum atomic E-state index is -0.912. The summed E-state index contributed by atoms with van der Waals surface area (Å²) in [6, 6.07) is 9.84. The number of rotatable bonds is 2. The van der Waals surface area contributed by atoms with E-state index in [0.29, 0.717) is 17.1 Å². The standard InChI is InChI=1S/C15H8F2N2O/c16-9-5-6-10(11(17)7-9)15(20)14-8-18-12-3-1-2-4-13(12)19-14/h1-8H. The molecule has 3 rings (SSSR count). The number of ketones is 1. The SMILES string of the molecule is O=C(c1cnc2ccccc2n1)c1ccc(F)cc1F. The van der Waals surface area contributed by atoms with Crippen LogP contribution in [0.5, 0.6) is 0 Å². The normalized spacial score (nSPS) is 10.7. The second-order valence-corrected chi connectivity index (χ2v) is 4.20. The molecule has 0 unspecified atom stereocenters. The van der Waals surface area contributed by atoms with Crippen LogP contribution in [0.25, 0.3) is 11.0 Å². The molecule has 0 atom stereocenters. The van der Waals surface area contributed by atoms with Crippen LogP contribution < -0.4 is 0 Å². The number of benzene rings is 2. The Hall–Kier alpha value is -2.69. The summed E-state index contributed by atoms with van der Waals surface area (Å²) in [4.78, 5) is 20.4. The van der Waals surface area contributed by atoms with Gasteiger partial charge in [-0.2, -0.15) is 0 Å². The van der Waals surface area contributed by atoms with Crippen LogP contribution in [0.1, 0.15) is 16.1 Å². The number of hydrogen-bond acceptors (Lipinski definition) is 3. The Labute approximate surface area is 112 Å². The van der Waals surface area contributed by atoms with Crippen LogP contribution in [-0.2, 0) is 0 Å². The molecule has 3 aromatic rings. The van der Waals surface area contributed by atoms with Crippen molar-refractivity contribution in [2.45, 2.75) is 0 Å². The first-order chi connectivity index (χ1) is 9.65. The monoisotopic (exact) mass is 270 g/mol. The Balaban J connectivity index is 2.08. The second-order valence-electron chi connectivity index (χ2n) is 4.20. The fraction of sp³-hybridized carbons (Fsp3) is 0. The third-order valence-electron chi connectivity index (χ3n) is 2.86. The highest BCUT2D eigenvalue weighted by atomic mass is 19.1. The number of para-hydroxylation sites is 2. The number of aromatic nitrogens is 2. The maximum atomic E-state index is 13.6. The Kier molecular flexibility index (Phi) is 2.95. The van der Waals surface area contributed by atoms with E-state index in [2.05, 4.69) is 9.97 Å². The van der Waals surface area contributed by atoms with E-state index < -0.39 is 17.4 Å². The Morgan fingerprint density at radius 3 is 2.50 bits per heavy atom. The zero-order valence-corrected chi connectivity index (χ0v) is 10.2. The fourth-order valence-electron chi connectivity index (χ4n) is 1.88. The molecule has 2 aromatic carbocycles. The maximum Gasteiger partial charge on any atom is 0.215 e. The van der Waals surface area contributed by atoms with Crippen LogP contribution >= 0.6 is 0 Å². The first-order valence-electron chi connectivity index (χ1n) is 5.87. The average molecular weight is 270 g/mol. The van der Waals surface area contributed by atoms with Gasteiger partial charge in [0.05, 0.1) is 22.8 Å². The van der Waals surface area contributed by atoms with Crippen molar-refractivity contribution in [3.63, 3.8) is 0 Å². The molecule has 0 fully saturated rings. The second kappa shape index (κ2) is 4.77. The molecule has 1 aromatic heterocycles. The van der Waals surface area contributed by atoms with Crippen molar-refractivity contribution >= 4 is 16.8 Å². The summed E-state index contributed by atoms with van der Waals surface area (Å²) in [5.41, 5.74) is 0.981. The van der Waals surface area contributed by atoms with Gasteiger partial charge in [-0.25, -0.2) is 13.8 Å². The van der Waals surface area contributed by atoms with E-state index in [1.54, 1.807) is 24.3 Å². The van der Waals surface area contributed by atoms with Crippen LogP contribution in [0.2, 0.25) is 0 Å². The Morgan fingerprint density at radius 2 is 1.75 bits per heavy atom. The molecule has 0 bridgehead atoms. The van der Waals surface area contributed by atoms with Crippen molar-refractivity contribution < 1.29 is 13.6 Å². The van der Waals surface area contributed by atoms with Crippen LogP contribution in [0.4, 0.5) is 8.78 Å². The van der Waals surface area contributed by atoms with Gasteiger partial charge >= 0.3 is 0 Å². The maximum absolute atomic E-state index is 13.6. The third-order valence-corrected chi connectivity index (χ3v) is 2.86. The van der Waals surface area contributed by atoms with E-state index in [1.165, 1.54) is 6.20 Å². The minimum Gasteiger partial charge on any atom is -0.287 e. The molecule has 5 heteroatoms. The summed E-state index contributed by atoms with van der Waals surface area (Å²) in [7, 11) is 0. The van der Waals surface area contributed by atoms with E-state index in [0.717, 1.165) is 12.1 Å². The van der Waals surface area contributed by atoms with Gasteiger partial charge in [0.25, 0.3) is 0 Å². The molecule has 0 radical (unpaired) electrons. The average Bonchev–Trinajstić information content (AvgIpc) is 2.46. The lowest BCUT2D eigenvalue weighted by Crippen LogP contribution is -2.07. The van der Waals surface area contributed by atoms with E-state index in [4.69, 9.17) is 0 Å². The summed E-state index contributed by atoms with van der Waals surface area (Å²) < 4.78 is 26.4. The Morgan fingerprint density at radius 1 is 1.00 bits per heavy atom. The van der Waals surface area contributed by atoms with Crippen molar-refractivity contribution in [3.05, 3.63) is 71.6 Å². The lowest BCUT2D eigenvalue weighted by atomic mass is 10.1. The van der Waals surface area contributed by atoms with Crippen LogP contribution in [0.15, 0.2) is 48.7 Å². The molecule has 0 N–H and O–H groups in total. The molecule has 0 aliphatic carbocycles. The number of fused-ring (bicyclic) bond motifs is 1. The molecule has 0 saturated heterocycles. The van der Waals surface area contributed by atoms with Crippen LogP contribution in [0, 0.1) is 11.6 Å². The molecule has 0 aliphatic rings. The molecule has 3 nitrogen and oxygen atoms in total. The zero-order chi connectivity index (χ0) is 14.1. The molecule has 0 amide bonds. The zero-order valence-electron chi connectivity index (χ0n) is 10.2. The summed E-state index contributed by atoms with van der Waals surface area (Å²) in [6.07, 6.45) is 1.29. The van der Waals surface area contributed by atoms with Crippen molar-refractivity contribution in [2.24, 2.45) is 0 Å². The highest BCUT2D eigenvalue weighted by Gasteiger charge is 2.16. The topological polar surface area (TPSA) is 42.9 Å². The molecule has 0 aliphatic heterocycles. The number of hydrogen-bond donors (Lipinski definition) is 0. The highest BCUT2D eigenvalue weighted by molar-refractivity contribution is 6.08. The molecule has 0 spiro atoms. The lowest BCUT2D eigenvalue weighted by Gasteiger charge is -2.03. The van der Waals surface area contributed by atoms with Crippen molar-refractivity contribution in [1.29, 1.82) is 0 Å². The van der Waals surface area contributed by atoms with Gasteiger partial charge in [-0.1, -0.05) is 12.1 Å². The minimum absolute atomic E-state index is 0.0224. The van der Waals surface area contributed by atoms with E-state index in [1.807, 2.05) is 0 Å². The highest BCUT2D eigenvalue weighted by Crippen LogP contribution is 2.15. The number of halogens is 2. The van der Waals surface area contributed by atoms with Crippen molar-refractivity contribution in [1.82, 2.24) is 9.97 Å². The van der Waals surface area contributed by atoms with Crippen LogP contribution in [-0.4, -0.2) is 15.8 Å². The summed E-state index contributed by atoms with van der Waals surface area (Å²) in [6.45, 7) is 0. The molecule has 1 heterocycles. The molecule has 0 saturated carbocycles. The van der Waals surface area contributed by atoms with Gasteiger partial charge in [0, 0.05) is 6.07 Å². The number of carbonyl (C=O) groups excluding carboxylic acids is 1. The molecule has 20 heavy (non-hydrogen) atoms. The van der Waals surface area contributed by atoms with Gasteiger partial charge in [0.2, 0.25) is 5.78 Å². The van der Waals surface area contributed by atoms with Crippen molar-refractivity contribution in [2.75, 3.05) is 0 Å². The largest absolute Gasteiger partial charge is 0.287 e. The quantitative estimate of drug-likeness (QED) is 0.672. The molecular weight excluding hydrogens is 262 g/mol. The number of carbonyl (C=O) groups is 1. The fourth-order valence-corrected chi connectivity index (χ4v) is 1.88. The smallest absolute Gasteiger partial charge is 0.215 e. The molecular formula is C15H8F2N2O. The van der Waals surface area contributed by atoms with E-state index in [9.17, 15) is 13.6 Å². The Bertz CT molecular complexity index is 818. The van der Waals surface area contributed by atoms with Gasteiger partial charge in [0.1, 0.15) is 17.3 Å². The summed E-state index contributed by atoms with van der Waals surface area (Å²) in [5, 5.41) is 0. The third kappa shape index (κ3) is 2.14. The summed E-state index contributed by atoms with van der Waals surface area (Å²) >= 11 is 0. The predicted octanol–water partition coefficient (Wildman–Crippen LogP) is 3.14. The van der Waals surface area contributed by atoms with Crippen molar-refractivity contribution in [3.8, 4) is 0 Å². The lowest BCUT2D eigenvalue weighted by molar-refractivity contribution is 0.103. The van der Waals surface area contributed by atoms with Gasteiger partial charge in [-0.05, 0) is 24.3 Å². The predicted molar refractivity (Wildman–Crippen MR) is 69.3 cm³/mol.